The number of phenols is 1. The zero-order valence-corrected chi connectivity index (χ0v) is 11.2. The molecule has 0 aromatic heterocycles. The minimum atomic E-state index is -1.45. The summed E-state index contributed by atoms with van der Waals surface area (Å²) in [6, 6.07) is 3.66. The summed E-state index contributed by atoms with van der Waals surface area (Å²) < 4.78 is 4.53. The number of phenolic OH excluding ortho intramolecular Hbond substituents is 1. The van der Waals surface area contributed by atoms with Gasteiger partial charge in [0.05, 0.1) is 7.11 Å². The third-order valence-corrected chi connectivity index (χ3v) is 3.04. The first-order valence-electron chi connectivity index (χ1n) is 6.04. The highest BCUT2D eigenvalue weighted by atomic mass is 16.5. The predicted molar refractivity (Wildman–Crippen MR) is 68.5 cm³/mol. The molecule has 18 heavy (non-hydrogen) atoms. The van der Waals surface area contributed by atoms with Gasteiger partial charge in [-0.3, -0.25) is 0 Å². The van der Waals surface area contributed by atoms with Crippen LogP contribution in [0.15, 0.2) is 12.1 Å². The third kappa shape index (κ3) is 2.64. The van der Waals surface area contributed by atoms with Gasteiger partial charge in [-0.05, 0) is 23.5 Å². The van der Waals surface area contributed by atoms with Gasteiger partial charge < -0.3 is 14.9 Å². The molecule has 4 nitrogen and oxygen atoms in total. The van der Waals surface area contributed by atoms with E-state index in [0.29, 0.717) is 12.0 Å². The van der Waals surface area contributed by atoms with Gasteiger partial charge >= 0.3 is 5.97 Å². The van der Waals surface area contributed by atoms with E-state index >= 15 is 0 Å². The summed E-state index contributed by atoms with van der Waals surface area (Å²) in [4.78, 5) is 11.5. The van der Waals surface area contributed by atoms with Crippen molar-refractivity contribution in [2.24, 2.45) is 0 Å². The first-order valence-corrected chi connectivity index (χ1v) is 6.04. The molecule has 0 bridgehead atoms. The largest absolute Gasteiger partial charge is 0.507 e. The van der Waals surface area contributed by atoms with Gasteiger partial charge in [0.25, 0.3) is 0 Å². The van der Waals surface area contributed by atoms with Crippen LogP contribution in [-0.2, 0) is 16.0 Å². The Hall–Kier alpha value is -1.55. The highest BCUT2D eigenvalue weighted by Crippen LogP contribution is 2.35. The summed E-state index contributed by atoms with van der Waals surface area (Å²) in [5, 5.41) is 20.2. The summed E-state index contributed by atoms with van der Waals surface area (Å²) in [7, 11) is 1.21. The van der Waals surface area contributed by atoms with E-state index in [-0.39, 0.29) is 17.2 Å². The smallest absolute Gasteiger partial charge is 0.339 e. The number of aryl methyl sites for hydroxylation is 1. The fourth-order valence-corrected chi connectivity index (χ4v) is 1.97. The maximum Gasteiger partial charge on any atom is 0.339 e. The molecule has 0 aliphatic rings. The van der Waals surface area contributed by atoms with E-state index in [0.717, 1.165) is 5.56 Å². The van der Waals surface area contributed by atoms with E-state index in [1.54, 1.807) is 0 Å². The average molecular weight is 252 g/mol. The van der Waals surface area contributed by atoms with Gasteiger partial charge in [0.15, 0.2) is 6.10 Å². The van der Waals surface area contributed by atoms with Crippen LogP contribution in [0.2, 0.25) is 0 Å². The summed E-state index contributed by atoms with van der Waals surface area (Å²) in [5.74, 6) is -0.682. The molecule has 1 aromatic rings. The molecule has 1 atom stereocenters. The molecule has 4 heteroatoms. The highest BCUT2D eigenvalue weighted by molar-refractivity contribution is 5.78. The van der Waals surface area contributed by atoms with Crippen LogP contribution in [0.3, 0.4) is 0 Å². The molecule has 0 aliphatic heterocycles. The maximum absolute atomic E-state index is 11.5. The Labute approximate surface area is 107 Å². The van der Waals surface area contributed by atoms with Gasteiger partial charge in [0, 0.05) is 5.56 Å². The number of esters is 1. The van der Waals surface area contributed by atoms with Crippen molar-refractivity contribution < 1.29 is 19.7 Å². The summed E-state index contributed by atoms with van der Waals surface area (Å²) in [6.45, 7) is 5.78. The molecule has 0 aliphatic carbocycles. The lowest BCUT2D eigenvalue weighted by atomic mass is 9.90. The van der Waals surface area contributed by atoms with Crippen LogP contribution in [0.5, 0.6) is 5.75 Å². The van der Waals surface area contributed by atoms with E-state index in [4.69, 9.17) is 0 Å². The molecule has 100 valence electrons. The first kappa shape index (κ1) is 14.5. The van der Waals surface area contributed by atoms with Gasteiger partial charge in [-0.25, -0.2) is 4.79 Å². The standard InChI is InChI=1S/C14H20O4/c1-5-9-6-7-10(8(2)3)11(12(9)15)13(16)14(17)18-4/h6-8,13,15-16H,5H2,1-4H3. The molecule has 2 N–H and O–H groups in total. The van der Waals surface area contributed by atoms with E-state index < -0.39 is 12.1 Å². The number of aromatic hydroxyl groups is 1. The van der Waals surface area contributed by atoms with Crippen molar-refractivity contribution in [2.75, 3.05) is 7.11 Å². The third-order valence-electron chi connectivity index (χ3n) is 3.04. The minimum Gasteiger partial charge on any atom is -0.507 e. The number of benzene rings is 1. The van der Waals surface area contributed by atoms with Crippen LogP contribution in [0.25, 0.3) is 0 Å². The number of carbonyl (C=O) groups is 1. The predicted octanol–water partition coefficient (Wildman–Crippen LogP) is 2.28. The van der Waals surface area contributed by atoms with Crippen molar-refractivity contribution in [3.05, 3.63) is 28.8 Å². The second kappa shape index (κ2) is 5.87. The van der Waals surface area contributed by atoms with Crippen LogP contribution < -0.4 is 0 Å². The number of methoxy groups -OCH3 is 1. The molecule has 1 unspecified atom stereocenters. The number of hydrogen-bond donors (Lipinski definition) is 2. The number of carbonyl (C=O) groups excluding carboxylic acids is 1. The normalized spacial score (nSPS) is 12.6. The van der Waals surface area contributed by atoms with Crippen LogP contribution in [0, 0.1) is 0 Å². The maximum atomic E-state index is 11.5. The van der Waals surface area contributed by atoms with Crippen molar-refractivity contribution in [1.29, 1.82) is 0 Å². The van der Waals surface area contributed by atoms with Gasteiger partial charge in [-0.1, -0.05) is 32.9 Å². The Morgan fingerprint density at radius 3 is 2.44 bits per heavy atom. The van der Waals surface area contributed by atoms with Crippen molar-refractivity contribution in [2.45, 2.75) is 39.2 Å². The topological polar surface area (TPSA) is 66.8 Å². The summed E-state index contributed by atoms with van der Waals surface area (Å²) in [6.07, 6.45) is -0.815. The lowest BCUT2D eigenvalue weighted by Gasteiger charge is -2.19. The van der Waals surface area contributed by atoms with Crippen LogP contribution >= 0.6 is 0 Å². The number of aliphatic hydroxyl groups excluding tert-OH is 1. The van der Waals surface area contributed by atoms with E-state index in [9.17, 15) is 15.0 Å². The fourth-order valence-electron chi connectivity index (χ4n) is 1.97. The summed E-state index contributed by atoms with van der Waals surface area (Å²) >= 11 is 0. The Balaban J connectivity index is 3.40. The Morgan fingerprint density at radius 1 is 1.39 bits per heavy atom. The number of ether oxygens (including phenoxy) is 1. The zero-order valence-electron chi connectivity index (χ0n) is 11.2. The molecule has 0 saturated carbocycles. The van der Waals surface area contributed by atoms with Crippen LogP contribution in [0.1, 0.15) is 49.5 Å². The monoisotopic (exact) mass is 252 g/mol. The van der Waals surface area contributed by atoms with Crippen LogP contribution in [-0.4, -0.2) is 23.3 Å². The second-order valence-electron chi connectivity index (χ2n) is 4.51. The van der Waals surface area contributed by atoms with Gasteiger partial charge in [0.2, 0.25) is 0 Å². The van der Waals surface area contributed by atoms with E-state index in [1.807, 2.05) is 32.9 Å². The molecule has 0 amide bonds. The van der Waals surface area contributed by atoms with Crippen molar-refractivity contribution >= 4 is 5.97 Å². The minimum absolute atomic E-state index is 0.0124. The van der Waals surface area contributed by atoms with Crippen molar-refractivity contribution in [3.8, 4) is 5.75 Å². The molecule has 1 aromatic carbocycles. The Bertz CT molecular complexity index is 438. The zero-order chi connectivity index (χ0) is 13.9. The molecule has 0 saturated heterocycles. The lowest BCUT2D eigenvalue weighted by molar-refractivity contribution is -0.150. The molecule has 0 fully saturated rings. The van der Waals surface area contributed by atoms with Crippen molar-refractivity contribution in [1.82, 2.24) is 0 Å². The highest BCUT2D eigenvalue weighted by Gasteiger charge is 2.26. The number of rotatable bonds is 4. The van der Waals surface area contributed by atoms with Crippen LogP contribution in [0.4, 0.5) is 0 Å². The van der Waals surface area contributed by atoms with E-state index in [1.165, 1.54) is 7.11 Å². The summed E-state index contributed by atoms with van der Waals surface area (Å²) in [5.41, 5.74) is 1.72. The fraction of sp³-hybridized carbons (Fsp3) is 0.500. The Kier molecular flexibility index (Phi) is 4.73. The van der Waals surface area contributed by atoms with Gasteiger partial charge in [0.1, 0.15) is 5.75 Å². The number of aliphatic hydroxyl groups is 1. The molecular weight excluding hydrogens is 232 g/mol. The molecule has 1 rings (SSSR count). The Morgan fingerprint density at radius 2 is 2.00 bits per heavy atom. The lowest BCUT2D eigenvalue weighted by Crippen LogP contribution is -2.16. The molecule has 0 spiro atoms. The number of hydrogen-bond acceptors (Lipinski definition) is 4. The van der Waals surface area contributed by atoms with Gasteiger partial charge in [-0.2, -0.15) is 0 Å². The van der Waals surface area contributed by atoms with Crippen molar-refractivity contribution in [3.63, 3.8) is 0 Å². The molecular formula is C14H20O4. The second-order valence-corrected chi connectivity index (χ2v) is 4.51. The molecule has 0 radical (unpaired) electrons. The van der Waals surface area contributed by atoms with E-state index in [2.05, 4.69) is 4.74 Å². The molecule has 0 heterocycles. The average Bonchev–Trinajstić information content (AvgIpc) is 2.36. The SMILES string of the molecule is CCc1ccc(C(C)C)c(C(O)C(=O)OC)c1O. The van der Waals surface area contributed by atoms with Gasteiger partial charge in [-0.15, -0.1) is 0 Å². The quantitative estimate of drug-likeness (QED) is 0.807. The first-order chi connectivity index (χ1) is 8.43.